The lowest BCUT2D eigenvalue weighted by atomic mass is 10.2. The predicted octanol–water partition coefficient (Wildman–Crippen LogP) is 1.57. The van der Waals surface area contributed by atoms with E-state index in [2.05, 4.69) is 10.3 Å². The van der Waals surface area contributed by atoms with Gasteiger partial charge in [0, 0.05) is 6.54 Å². The summed E-state index contributed by atoms with van der Waals surface area (Å²) in [4.78, 5) is 25.3. The molecule has 0 bridgehead atoms. The summed E-state index contributed by atoms with van der Waals surface area (Å²) in [7, 11) is 0. The second kappa shape index (κ2) is 5.83. The van der Waals surface area contributed by atoms with E-state index >= 15 is 0 Å². The highest BCUT2D eigenvalue weighted by atomic mass is 16.4. The van der Waals surface area contributed by atoms with Crippen LogP contribution in [0.5, 0.6) is 0 Å². The summed E-state index contributed by atoms with van der Waals surface area (Å²) in [5.41, 5.74) is 2.72. The van der Waals surface area contributed by atoms with Gasteiger partial charge in [-0.2, -0.15) is 0 Å². The van der Waals surface area contributed by atoms with E-state index in [1.165, 1.54) is 4.90 Å². The van der Waals surface area contributed by atoms with Crippen molar-refractivity contribution in [3.05, 3.63) is 41.2 Å². The van der Waals surface area contributed by atoms with Gasteiger partial charge in [-0.3, -0.25) is 4.79 Å². The molecule has 1 aromatic carbocycles. The van der Waals surface area contributed by atoms with E-state index in [-0.39, 0.29) is 11.6 Å². The van der Waals surface area contributed by atoms with Gasteiger partial charge in [0.1, 0.15) is 6.04 Å². The molecular formula is C16H18N4O3. The summed E-state index contributed by atoms with van der Waals surface area (Å²) in [5.74, 6) is -1.34. The molecule has 1 amide bonds. The number of carboxylic acids is 1. The van der Waals surface area contributed by atoms with Crippen LogP contribution in [-0.4, -0.2) is 49.5 Å². The van der Waals surface area contributed by atoms with Crippen LogP contribution in [0.15, 0.2) is 24.3 Å². The molecule has 1 aliphatic heterocycles. The molecular weight excluding hydrogens is 296 g/mol. The van der Waals surface area contributed by atoms with Gasteiger partial charge < -0.3 is 10.0 Å². The highest BCUT2D eigenvalue weighted by Crippen LogP contribution is 2.22. The Morgan fingerprint density at radius 3 is 2.78 bits per heavy atom. The maximum Gasteiger partial charge on any atom is 0.326 e. The second-order valence-corrected chi connectivity index (χ2v) is 5.77. The fourth-order valence-electron chi connectivity index (χ4n) is 2.93. The maximum absolute atomic E-state index is 12.6. The number of aryl methyl sites for hydroxylation is 1. The molecule has 1 fully saturated rings. The minimum atomic E-state index is -0.973. The van der Waals surface area contributed by atoms with Gasteiger partial charge in [-0.05, 0) is 44.4 Å². The minimum Gasteiger partial charge on any atom is -0.480 e. The van der Waals surface area contributed by atoms with Crippen molar-refractivity contribution in [1.29, 1.82) is 0 Å². The molecule has 1 aromatic heterocycles. The quantitative estimate of drug-likeness (QED) is 0.929. The number of nitrogens with zero attached hydrogens (tertiary/aromatic N) is 4. The van der Waals surface area contributed by atoms with E-state index in [0.29, 0.717) is 25.1 Å². The lowest BCUT2D eigenvalue weighted by molar-refractivity contribution is -0.141. The van der Waals surface area contributed by atoms with Gasteiger partial charge in [0.05, 0.1) is 11.4 Å². The second-order valence-electron chi connectivity index (χ2n) is 5.77. The van der Waals surface area contributed by atoms with Crippen LogP contribution in [0.1, 0.15) is 34.6 Å². The van der Waals surface area contributed by atoms with Crippen molar-refractivity contribution in [2.75, 3.05) is 6.54 Å². The molecule has 7 heteroatoms. The molecule has 120 valence electrons. The van der Waals surface area contributed by atoms with Gasteiger partial charge in [-0.25, -0.2) is 9.48 Å². The van der Waals surface area contributed by atoms with Crippen LogP contribution in [-0.2, 0) is 4.79 Å². The Hall–Kier alpha value is -2.70. The monoisotopic (exact) mass is 314 g/mol. The van der Waals surface area contributed by atoms with Crippen molar-refractivity contribution in [2.24, 2.45) is 0 Å². The van der Waals surface area contributed by atoms with Crippen LogP contribution in [0.3, 0.4) is 0 Å². The van der Waals surface area contributed by atoms with Crippen molar-refractivity contribution in [1.82, 2.24) is 19.9 Å². The Kier molecular flexibility index (Phi) is 3.85. The Labute approximate surface area is 133 Å². The Bertz CT molecular complexity index is 768. The molecule has 7 nitrogen and oxygen atoms in total. The number of aromatic nitrogens is 3. The van der Waals surface area contributed by atoms with Crippen molar-refractivity contribution in [2.45, 2.75) is 32.7 Å². The third kappa shape index (κ3) is 2.69. The number of benzene rings is 1. The van der Waals surface area contributed by atoms with Crippen LogP contribution in [0.4, 0.5) is 0 Å². The van der Waals surface area contributed by atoms with Gasteiger partial charge in [0.15, 0.2) is 5.69 Å². The van der Waals surface area contributed by atoms with Crippen molar-refractivity contribution >= 4 is 11.9 Å². The zero-order valence-electron chi connectivity index (χ0n) is 13.1. The molecule has 0 radical (unpaired) electrons. The zero-order valence-corrected chi connectivity index (χ0v) is 13.1. The zero-order chi connectivity index (χ0) is 16.6. The molecule has 0 unspecified atom stereocenters. The molecule has 3 rings (SSSR count). The summed E-state index contributed by atoms with van der Waals surface area (Å²) in [6.45, 7) is 4.18. The smallest absolute Gasteiger partial charge is 0.326 e. The van der Waals surface area contributed by atoms with Crippen molar-refractivity contribution < 1.29 is 14.7 Å². The first kappa shape index (κ1) is 15.2. The predicted molar refractivity (Wildman–Crippen MR) is 82.5 cm³/mol. The normalized spacial score (nSPS) is 17.5. The lowest BCUT2D eigenvalue weighted by Gasteiger charge is -2.20. The van der Waals surface area contributed by atoms with Crippen LogP contribution in [0.25, 0.3) is 5.69 Å². The number of aliphatic carboxylic acids is 1. The Morgan fingerprint density at radius 1 is 1.30 bits per heavy atom. The number of carbonyl (C=O) groups excluding carboxylic acids is 1. The van der Waals surface area contributed by atoms with E-state index in [1.807, 2.05) is 31.2 Å². The average Bonchev–Trinajstić information content (AvgIpc) is 3.13. The van der Waals surface area contributed by atoms with Gasteiger partial charge in [-0.1, -0.05) is 17.3 Å². The number of hydrogen-bond donors (Lipinski definition) is 1. The first-order valence-electron chi connectivity index (χ1n) is 7.52. The van der Waals surface area contributed by atoms with Gasteiger partial charge in [-0.15, -0.1) is 5.10 Å². The number of hydrogen-bond acceptors (Lipinski definition) is 4. The molecule has 1 N–H and O–H groups in total. The first-order valence-corrected chi connectivity index (χ1v) is 7.52. The SMILES string of the molecule is Cc1cccc(-n2nnc(C(=O)N3CCC[C@@H]3C(=O)O)c2C)c1. The van der Waals surface area contributed by atoms with Crippen LogP contribution >= 0.6 is 0 Å². The molecule has 1 atom stereocenters. The molecule has 2 heterocycles. The van der Waals surface area contributed by atoms with Gasteiger partial charge >= 0.3 is 5.97 Å². The molecule has 0 saturated carbocycles. The molecule has 2 aromatic rings. The van der Waals surface area contributed by atoms with E-state index < -0.39 is 12.0 Å². The minimum absolute atomic E-state index is 0.208. The topological polar surface area (TPSA) is 88.3 Å². The van der Waals surface area contributed by atoms with E-state index in [9.17, 15) is 14.7 Å². The van der Waals surface area contributed by atoms with Crippen LogP contribution in [0, 0.1) is 13.8 Å². The largest absolute Gasteiger partial charge is 0.480 e. The highest BCUT2D eigenvalue weighted by Gasteiger charge is 2.36. The van der Waals surface area contributed by atoms with Crippen LogP contribution < -0.4 is 0 Å². The van der Waals surface area contributed by atoms with E-state index in [4.69, 9.17) is 0 Å². The van der Waals surface area contributed by atoms with E-state index in [0.717, 1.165) is 11.3 Å². The molecule has 0 aliphatic carbocycles. The third-order valence-electron chi connectivity index (χ3n) is 4.14. The number of rotatable bonds is 3. The summed E-state index contributed by atoms with van der Waals surface area (Å²) in [6, 6.07) is 6.95. The number of amides is 1. The van der Waals surface area contributed by atoms with Crippen molar-refractivity contribution in [3.8, 4) is 5.69 Å². The fourth-order valence-corrected chi connectivity index (χ4v) is 2.93. The lowest BCUT2D eigenvalue weighted by Crippen LogP contribution is -2.40. The number of likely N-dealkylation sites (tertiary alicyclic amines) is 1. The average molecular weight is 314 g/mol. The highest BCUT2D eigenvalue weighted by molar-refractivity contribution is 5.96. The third-order valence-corrected chi connectivity index (χ3v) is 4.14. The maximum atomic E-state index is 12.6. The molecule has 1 saturated heterocycles. The van der Waals surface area contributed by atoms with Crippen molar-refractivity contribution in [3.63, 3.8) is 0 Å². The summed E-state index contributed by atoms with van der Waals surface area (Å²) >= 11 is 0. The number of carbonyl (C=O) groups is 2. The van der Waals surface area contributed by atoms with E-state index in [1.54, 1.807) is 11.6 Å². The Morgan fingerprint density at radius 2 is 2.09 bits per heavy atom. The van der Waals surface area contributed by atoms with Gasteiger partial charge in [0.25, 0.3) is 5.91 Å². The van der Waals surface area contributed by atoms with Crippen LogP contribution in [0.2, 0.25) is 0 Å². The molecule has 1 aliphatic rings. The number of carboxylic acid groups (broad SMARTS) is 1. The first-order chi connectivity index (χ1) is 11.0. The standard InChI is InChI=1S/C16H18N4O3/c1-10-5-3-6-12(9-10)20-11(2)14(17-18-20)15(21)19-8-4-7-13(19)16(22)23/h3,5-6,9,13H,4,7-8H2,1-2H3,(H,22,23)/t13-/m1/s1. The van der Waals surface area contributed by atoms with Gasteiger partial charge in [0.2, 0.25) is 0 Å². The summed E-state index contributed by atoms with van der Waals surface area (Å²) < 4.78 is 1.60. The summed E-state index contributed by atoms with van der Waals surface area (Å²) in [6.07, 6.45) is 1.17. The summed E-state index contributed by atoms with van der Waals surface area (Å²) in [5, 5.41) is 17.3. The fraction of sp³-hybridized carbons (Fsp3) is 0.375. The molecule has 23 heavy (non-hydrogen) atoms. The molecule has 0 spiro atoms. The Balaban J connectivity index is 1.93.